The lowest BCUT2D eigenvalue weighted by molar-refractivity contribution is 0.0735. The van der Waals surface area contributed by atoms with Crippen molar-refractivity contribution in [3.63, 3.8) is 0 Å². The van der Waals surface area contributed by atoms with E-state index >= 15 is 0 Å². The van der Waals surface area contributed by atoms with E-state index in [4.69, 9.17) is 14.0 Å². The largest absolute Gasteiger partial charge is 0.493 e. The van der Waals surface area contributed by atoms with E-state index < -0.39 is 0 Å². The molecular weight excluding hydrogens is 380 g/mol. The van der Waals surface area contributed by atoms with Crippen LogP contribution in [-0.2, 0) is 6.61 Å². The van der Waals surface area contributed by atoms with Crippen LogP contribution in [-0.4, -0.2) is 29.6 Å². The third kappa shape index (κ3) is 3.90. The van der Waals surface area contributed by atoms with E-state index in [-0.39, 0.29) is 11.9 Å². The van der Waals surface area contributed by atoms with Crippen LogP contribution < -0.4 is 9.47 Å². The number of nitrogens with zero attached hydrogens (tertiary/aromatic N) is 2. The normalized spacial score (nSPS) is 16.0. The molecule has 1 atom stereocenters. The molecule has 6 heteroatoms. The van der Waals surface area contributed by atoms with Gasteiger partial charge >= 0.3 is 0 Å². The summed E-state index contributed by atoms with van der Waals surface area (Å²) in [6, 6.07) is 15.7. The molecule has 0 saturated carbocycles. The Morgan fingerprint density at radius 3 is 2.67 bits per heavy atom. The lowest BCUT2D eigenvalue weighted by Gasteiger charge is -2.25. The Balaban J connectivity index is 1.52. The summed E-state index contributed by atoms with van der Waals surface area (Å²) in [4.78, 5) is 15.2. The average molecular weight is 406 g/mol. The Kier molecular flexibility index (Phi) is 5.74. The molecule has 2 heterocycles. The first kappa shape index (κ1) is 20.0. The molecule has 0 N–H and O–H groups in total. The maximum atomic E-state index is 13.3. The summed E-state index contributed by atoms with van der Waals surface area (Å²) in [6.45, 7) is 4.82. The van der Waals surface area contributed by atoms with Crippen molar-refractivity contribution in [2.45, 2.75) is 39.3 Å². The molecule has 1 amide bonds. The summed E-state index contributed by atoms with van der Waals surface area (Å²) in [5.74, 6) is 1.86. The van der Waals surface area contributed by atoms with Gasteiger partial charge in [0.15, 0.2) is 11.5 Å². The number of methoxy groups -OCH3 is 1. The molecule has 1 aromatic heterocycles. The van der Waals surface area contributed by atoms with Gasteiger partial charge in [-0.25, -0.2) is 0 Å². The number of hydrogen-bond donors (Lipinski definition) is 0. The number of hydrogen-bond acceptors (Lipinski definition) is 5. The SMILES string of the molecule is COc1cc(C(=O)N2CCC[C@H]2c2ccccc2)ccc1OCc1c(C)noc1C. The standard InChI is InChI=1S/C24H26N2O4/c1-16-20(17(2)30-25-16)15-29-22-12-11-19(14-23(22)28-3)24(27)26-13-7-10-21(26)18-8-5-4-6-9-18/h4-6,8-9,11-12,14,21H,7,10,13,15H2,1-3H3/t21-/m0/s1. The molecular formula is C24H26N2O4. The Labute approximate surface area is 176 Å². The van der Waals surface area contributed by atoms with Gasteiger partial charge in [-0.05, 0) is 50.5 Å². The lowest BCUT2D eigenvalue weighted by atomic mass is 10.0. The van der Waals surface area contributed by atoms with Gasteiger partial charge < -0.3 is 18.9 Å². The minimum atomic E-state index is 0.0110. The van der Waals surface area contributed by atoms with Crippen molar-refractivity contribution in [2.24, 2.45) is 0 Å². The van der Waals surface area contributed by atoms with Crippen LogP contribution in [0, 0.1) is 13.8 Å². The van der Waals surface area contributed by atoms with Crippen molar-refractivity contribution < 1.29 is 18.8 Å². The van der Waals surface area contributed by atoms with E-state index in [9.17, 15) is 4.79 Å². The number of carbonyl (C=O) groups excluding carboxylic acids is 1. The van der Waals surface area contributed by atoms with Crippen LogP contribution in [0.4, 0.5) is 0 Å². The zero-order valence-corrected chi connectivity index (χ0v) is 17.6. The summed E-state index contributed by atoms with van der Waals surface area (Å²) in [6.07, 6.45) is 1.98. The van der Waals surface area contributed by atoms with Gasteiger partial charge in [0, 0.05) is 12.1 Å². The number of benzene rings is 2. The minimum Gasteiger partial charge on any atom is -0.493 e. The molecule has 3 aromatic rings. The second-order valence-electron chi connectivity index (χ2n) is 7.52. The molecule has 0 unspecified atom stereocenters. The quantitative estimate of drug-likeness (QED) is 0.585. The van der Waals surface area contributed by atoms with Gasteiger partial charge in [-0.15, -0.1) is 0 Å². The van der Waals surface area contributed by atoms with E-state index in [1.807, 2.05) is 36.9 Å². The summed E-state index contributed by atoms with van der Waals surface area (Å²) in [7, 11) is 1.58. The van der Waals surface area contributed by atoms with Crippen molar-refractivity contribution in [3.8, 4) is 11.5 Å². The van der Waals surface area contributed by atoms with Gasteiger partial charge in [0.25, 0.3) is 5.91 Å². The maximum Gasteiger partial charge on any atom is 0.254 e. The van der Waals surface area contributed by atoms with Crippen molar-refractivity contribution >= 4 is 5.91 Å². The number of carbonyl (C=O) groups is 1. The predicted octanol–water partition coefficient (Wildman–Crippen LogP) is 4.86. The number of rotatable bonds is 6. The molecule has 0 bridgehead atoms. The molecule has 6 nitrogen and oxygen atoms in total. The van der Waals surface area contributed by atoms with E-state index in [1.54, 1.807) is 25.3 Å². The van der Waals surface area contributed by atoms with Gasteiger partial charge in [0.2, 0.25) is 0 Å². The highest BCUT2D eigenvalue weighted by Gasteiger charge is 2.30. The Hall–Kier alpha value is -3.28. The first-order valence-corrected chi connectivity index (χ1v) is 10.2. The van der Waals surface area contributed by atoms with Crippen molar-refractivity contribution in [1.82, 2.24) is 10.1 Å². The molecule has 30 heavy (non-hydrogen) atoms. The summed E-state index contributed by atoms with van der Waals surface area (Å²) < 4.78 is 16.6. The van der Waals surface area contributed by atoms with Crippen LogP contribution in [0.3, 0.4) is 0 Å². The molecule has 1 fully saturated rings. The fourth-order valence-electron chi connectivity index (χ4n) is 3.98. The van der Waals surface area contributed by atoms with Crippen LogP contribution in [0.2, 0.25) is 0 Å². The molecule has 4 rings (SSSR count). The Morgan fingerprint density at radius 1 is 1.17 bits per heavy atom. The van der Waals surface area contributed by atoms with E-state index in [2.05, 4.69) is 17.3 Å². The van der Waals surface area contributed by atoms with Gasteiger partial charge in [-0.3, -0.25) is 4.79 Å². The van der Waals surface area contributed by atoms with Crippen LogP contribution in [0.1, 0.15) is 51.8 Å². The molecule has 1 aliphatic heterocycles. The highest BCUT2D eigenvalue weighted by molar-refractivity contribution is 5.95. The fourth-order valence-corrected chi connectivity index (χ4v) is 3.98. The maximum absolute atomic E-state index is 13.3. The van der Waals surface area contributed by atoms with Crippen LogP contribution in [0.15, 0.2) is 53.1 Å². The van der Waals surface area contributed by atoms with Crippen molar-refractivity contribution in [1.29, 1.82) is 0 Å². The zero-order chi connectivity index (χ0) is 21.1. The van der Waals surface area contributed by atoms with E-state index in [0.29, 0.717) is 23.7 Å². The van der Waals surface area contributed by atoms with Crippen LogP contribution in [0.25, 0.3) is 0 Å². The first-order valence-electron chi connectivity index (χ1n) is 10.2. The van der Waals surface area contributed by atoms with Gasteiger partial charge in [-0.2, -0.15) is 0 Å². The zero-order valence-electron chi connectivity index (χ0n) is 17.6. The van der Waals surface area contributed by atoms with Crippen molar-refractivity contribution in [2.75, 3.05) is 13.7 Å². The second-order valence-corrected chi connectivity index (χ2v) is 7.52. The molecule has 0 spiro atoms. The van der Waals surface area contributed by atoms with Crippen LogP contribution >= 0.6 is 0 Å². The number of aromatic nitrogens is 1. The Morgan fingerprint density at radius 2 is 1.97 bits per heavy atom. The van der Waals surface area contributed by atoms with E-state index in [0.717, 1.165) is 36.4 Å². The number of likely N-dealkylation sites (tertiary alicyclic amines) is 1. The summed E-state index contributed by atoms with van der Waals surface area (Å²) in [5.41, 5.74) is 3.49. The monoisotopic (exact) mass is 406 g/mol. The molecule has 1 saturated heterocycles. The van der Waals surface area contributed by atoms with Gasteiger partial charge in [0.05, 0.1) is 24.4 Å². The molecule has 0 aliphatic carbocycles. The Bertz CT molecular complexity index is 1010. The van der Waals surface area contributed by atoms with Gasteiger partial charge in [0.1, 0.15) is 12.4 Å². The number of amides is 1. The minimum absolute atomic E-state index is 0.0110. The number of aryl methyl sites for hydroxylation is 2. The fraction of sp³-hybridized carbons (Fsp3) is 0.333. The van der Waals surface area contributed by atoms with Gasteiger partial charge in [-0.1, -0.05) is 35.5 Å². The molecule has 2 aromatic carbocycles. The highest BCUT2D eigenvalue weighted by Crippen LogP contribution is 2.35. The topological polar surface area (TPSA) is 64.8 Å². The summed E-state index contributed by atoms with van der Waals surface area (Å²) >= 11 is 0. The molecule has 1 aliphatic rings. The van der Waals surface area contributed by atoms with Crippen molar-refractivity contribution in [3.05, 3.63) is 76.7 Å². The second kappa shape index (κ2) is 8.61. The predicted molar refractivity (Wildman–Crippen MR) is 113 cm³/mol. The number of ether oxygens (including phenoxy) is 2. The lowest BCUT2D eigenvalue weighted by Crippen LogP contribution is -2.30. The highest BCUT2D eigenvalue weighted by atomic mass is 16.5. The molecule has 0 radical (unpaired) electrons. The third-order valence-electron chi connectivity index (χ3n) is 5.66. The first-order chi connectivity index (χ1) is 14.6. The van der Waals surface area contributed by atoms with Crippen LogP contribution in [0.5, 0.6) is 11.5 Å². The third-order valence-corrected chi connectivity index (χ3v) is 5.66. The smallest absolute Gasteiger partial charge is 0.254 e. The molecule has 156 valence electrons. The summed E-state index contributed by atoms with van der Waals surface area (Å²) in [5, 5.41) is 3.95. The average Bonchev–Trinajstić information content (AvgIpc) is 3.39. The van der Waals surface area contributed by atoms with E-state index in [1.165, 1.54) is 5.56 Å².